The van der Waals surface area contributed by atoms with Crippen molar-refractivity contribution >= 4 is 45.3 Å². The number of thiophene rings is 1. The lowest BCUT2D eigenvalue weighted by Gasteiger charge is -2.13. The number of para-hydroxylation sites is 1. The number of ether oxygens (including phenoxy) is 1. The quantitative estimate of drug-likeness (QED) is 0.628. The van der Waals surface area contributed by atoms with Crippen molar-refractivity contribution in [3.05, 3.63) is 45.8 Å². The van der Waals surface area contributed by atoms with Crippen molar-refractivity contribution in [2.24, 2.45) is 0 Å². The van der Waals surface area contributed by atoms with Crippen LogP contribution in [-0.4, -0.2) is 18.2 Å². The number of benzene rings is 1. The first-order valence-corrected chi connectivity index (χ1v) is 8.54. The highest BCUT2D eigenvalue weighted by Gasteiger charge is 2.20. The molecule has 6 heteroatoms. The topological polar surface area (TPSA) is 50.4 Å². The van der Waals surface area contributed by atoms with Crippen molar-refractivity contribution < 1.29 is 9.53 Å². The lowest BCUT2D eigenvalue weighted by Crippen LogP contribution is -2.20. The number of methoxy groups -OCH3 is 1. The summed E-state index contributed by atoms with van der Waals surface area (Å²) in [5, 5.41) is 7.49. The first-order valence-electron chi connectivity index (χ1n) is 7.32. The van der Waals surface area contributed by atoms with Crippen LogP contribution >= 0.6 is 23.6 Å². The van der Waals surface area contributed by atoms with Crippen molar-refractivity contribution in [3.8, 4) is 0 Å². The van der Waals surface area contributed by atoms with Gasteiger partial charge in [0.15, 0.2) is 5.11 Å². The molecule has 0 bridgehead atoms. The highest BCUT2D eigenvalue weighted by molar-refractivity contribution is 7.80. The first-order chi connectivity index (χ1) is 11.0. The van der Waals surface area contributed by atoms with Gasteiger partial charge >= 0.3 is 5.97 Å². The van der Waals surface area contributed by atoms with E-state index in [1.807, 2.05) is 32.0 Å². The fourth-order valence-electron chi connectivity index (χ4n) is 2.27. The van der Waals surface area contributed by atoms with Gasteiger partial charge in [-0.05, 0) is 49.7 Å². The summed E-state index contributed by atoms with van der Waals surface area (Å²) < 4.78 is 4.87. The molecule has 0 amide bonds. The molecule has 122 valence electrons. The number of carbonyl (C=O) groups excluding carboxylic acids is 1. The summed E-state index contributed by atoms with van der Waals surface area (Å²) in [5.41, 5.74) is 3.62. The minimum Gasteiger partial charge on any atom is -0.465 e. The summed E-state index contributed by atoms with van der Waals surface area (Å²) in [6.07, 6.45) is 0.913. The minimum absolute atomic E-state index is 0.355. The van der Waals surface area contributed by atoms with Gasteiger partial charge in [-0.15, -0.1) is 11.3 Å². The van der Waals surface area contributed by atoms with Crippen LogP contribution in [0.5, 0.6) is 0 Å². The summed E-state index contributed by atoms with van der Waals surface area (Å²) >= 11 is 6.89. The first kappa shape index (κ1) is 17.4. The fourth-order valence-corrected chi connectivity index (χ4v) is 3.60. The molecule has 0 aliphatic carbocycles. The Balaban J connectivity index is 2.21. The van der Waals surface area contributed by atoms with Crippen LogP contribution < -0.4 is 10.6 Å². The third kappa shape index (κ3) is 3.89. The average molecular weight is 348 g/mol. The zero-order valence-electron chi connectivity index (χ0n) is 13.6. The molecule has 1 heterocycles. The van der Waals surface area contributed by atoms with Gasteiger partial charge in [0.2, 0.25) is 0 Å². The van der Waals surface area contributed by atoms with E-state index in [2.05, 4.69) is 23.6 Å². The molecule has 0 atom stereocenters. The normalized spacial score (nSPS) is 10.3. The molecular weight excluding hydrogens is 328 g/mol. The van der Waals surface area contributed by atoms with E-state index in [1.54, 1.807) is 0 Å². The van der Waals surface area contributed by atoms with E-state index < -0.39 is 0 Å². The van der Waals surface area contributed by atoms with Gasteiger partial charge in [0, 0.05) is 10.6 Å². The maximum Gasteiger partial charge on any atom is 0.341 e. The number of esters is 1. The molecule has 0 saturated carbocycles. The van der Waals surface area contributed by atoms with E-state index >= 15 is 0 Å². The number of hydrogen-bond acceptors (Lipinski definition) is 4. The zero-order chi connectivity index (χ0) is 17.0. The van der Waals surface area contributed by atoms with Crippen LogP contribution in [0.4, 0.5) is 10.7 Å². The van der Waals surface area contributed by atoms with E-state index in [4.69, 9.17) is 17.0 Å². The smallest absolute Gasteiger partial charge is 0.341 e. The Morgan fingerprint density at radius 3 is 2.61 bits per heavy atom. The highest BCUT2D eigenvalue weighted by atomic mass is 32.1. The summed E-state index contributed by atoms with van der Waals surface area (Å²) in [4.78, 5) is 13.0. The molecule has 1 aromatic heterocycles. The van der Waals surface area contributed by atoms with Crippen LogP contribution in [0.3, 0.4) is 0 Å². The van der Waals surface area contributed by atoms with Gasteiger partial charge in [-0.2, -0.15) is 0 Å². The van der Waals surface area contributed by atoms with E-state index in [1.165, 1.54) is 24.0 Å². The van der Waals surface area contributed by atoms with Crippen molar-refractivity contribution in [2.45, 2.75) is 27.2 Å². The van der Waals surface area contributed by atoms with Gasteiger partial charge in [0.25, 0.3) is 0 Å². The summed E-state index contributed by atoms with van der Waals surface area (Å²) in [5.74, 6) is -0.355. The molecule has 0 aliphatic heterocycles. The Labute approximate surface area is 145 Å². The third-order valence-corrected chi connectivity index (χ3v) is 4.98. The molecular formula is C17H20N2O2S2. The largest absolute Gasteiger partial charge is 0.465 e. The van der Waals surface area contributed by atoms with E-state index in [0.29, 0.717) is 15.7 Å². The Bertz CT molecular complexity index is 738. The van der Waals surface area contributed by atoms with E-state index in [-0.39, 0.29) is 5.97 Å². The Hall–Kier alpha value is -1.92. The van der Waals surface area contributed by atoms with E-state index in [0.717, 1.165) is 22.5 Å². The number of nitrogens with one attached hydrogen (secondary N) is 2. The van der Waals surface area contributed by atoms with Crippen molar-refractivity contribution in [3.63, 3.8) is 0 Å². The monoisotopic (exact) mass is 348 g/mol. The van der Waals surface area contributed by atoms with Crippen LogP contribution in [0, 0.1) is 13.8 Å². The second-order valence-corrected chi connectivity index (χ2v) is 6.70. The molecule has 0 radical (unpaired) electrons. The molecule has 2 N–H and O–H groups in total. The Kier molecular flexibility index (Phi) is 5.74. The van der Waals surface area contributed by atoms with Crippen molar-refractivity contribution in [1.82, 2.24) is 0 Å². The molecule has 0 fully saturated rings. The fraction of sp³-hybridized carbons (Fsp3) is 0.294. The lowest BCUT2D eigenvalue weighted by molar-refractivity contribution is 0.0601. The van der Waals surface area contributed by atoms with E-state index in [9.17, 15) is 4.79 Å². The van der Waals surface area contributed by atoms with Gasteiger partial charge in [-0.3, -0.25) is 0 Å². The van der Waals surface area contributed by atoms with Gasteiger partial charge in [-0.25, -0.2) is 4.79 Å². The van der Waals surface area contributed by atoms with Crippen molar-refractivity contribution in [1.29, 1.82) is 0 Å². The molecule has 0 saturated heterocycles. The number of rotatable bonds is 4. The summed E-state index contributed by atoms with van der Waals surface area (Å²) in [7, 11) is 1.38. The molecule has 0 aliphatic rings. The summed E-state index contributed by atoms with van der Waals surface area (Å²) in [6.45, 7) is 5.98. The van der Waals surface area contributed by atoms with Gasteiger partial charge < -0.3 is 15.4 Å². The number of hydrogen-bond donors (Lipinski definition) is 2. The highest BCUT2D eigenvalue weighted by Crippen LogP contribution is 2.33. The number of carbonyl (C=O) groups is 1. The molecule has 2 aromatic rings. The third-order valence-electron chi connectivity index (χ3n) is 3.65. The number of thiocarbonyl (C=S) groups is 1. The predicted molar refractivity (Wildman–Crippen MR) is 101 cm³/mol. The molecule has 1 aromatic carbocycles. The van der Waals surface area contributed by atoms with Crippen LogP contribution in [0.1, 0.15) is 33.3 Å². The van der Waals surface area contributed by atoms with Crippen LogP contribution in [0.15, 0.2) is 24.3 Å². The number of anilines is 2. The lowest BCUT2D eigenvalue weighted by atomic mass is 10.1. The van der Waals surface area contributed by atoms with Crippen LogP contribution in [0.25, 0.3) is 0 Å². The SMILES string of the molecule is CCc1ccccc1NC(=S)Nc1sc(C)c(C)c1C(=O)OC. The van der Waals surface area contributed by atoms with Crippen LogP contribution in [0.2, 0.25) is 0 Å². The zero-order valence-corrected chi connectivity index (χ0v) is 15.3. The maximum absolute atomic E-state index is 12.0. The maximum atomic E-state index is 12.0. The molecule has 4 nitrogen and oxygen atoms in total. The molecule has 0 spiro atoms. The van der Waals surface area contributed by atoms with Crippen molar-refractivity contribution in [2.75, 3.05) is 17.7 Å². The minimum atomic E-state index is -0.355. The standard InChI is InChI=1S/C17H20N2O2S2/c1-5-12-8-6-7-9-13(12)18-17(22)19-15-14(16(20)21-4)10(2)11(3)23-15/h6-9H,5H2,1-4H3,(H2,18,19,22). The van der Waals surface area contributed by atoms with Crippen LogP contribution in [-0.2, 0) is 11.2 Å². The summed E-state index contributed by atoms with van der Waals surface area (Å²) in [6, 6.07) is 8.01. The number of aryl methyl sites for hydroxylation is 2. The predicted octanol–water partition coefficient (Wildman–Crippen LogP) is 4.52. The van der Waals surface area contributed by atoms with Gasteiger partial charge in [0.05, 0.1) is 12.7 Å². The molecule has 0 unspecified atom stereocenters. The van der Waals surface area contributed by atoms with Gasteiger partial charge in [0.1, 0.15) is 5.00 Å². The second-order valence-electron chi connectivity index (χ2n) is 5.07. The Morgan fingerprint density at radius 1 is 1.26 bits per heavy atom. The molecule has 23 heavy (non-hydrogen) atoms. The Morgan fingerprint density at radius 2 is 1.96 bits per heavy atom. The second kappa shape index (κ2) is 7.57. The average Bonchev–Trinajstić information content (AvgIpc) is 2.81. The molecule has 2 rings (SSSR count). The van der Waals surface area contributed by atoms with Gasteiger partial charge in [-0.1, -0.05) is 25.1 Å².